The maximum atomic E-state index is 13.1. The lowest BCUT2D eigenvalue weighted by molar-refractivity contribution is 0.0945. The summed E-state index contributed by atoms with van der Waals surface area (Å²) < 4.78 is 13.1. The van der Waals surface area contributed by atoms with Gasteiger partial charge in [0.05, 0.1) is 0 Å². The normalized spacial score (nSPS) is 16.6. The molecule has 0 aliphatic heterocycles. The third-order valence-electron chi connectivity index (χ3n) is 3.43. The molecule has 0 aromatic heterocycles. The summed E-state index contributed by atoms with van der Waals surface area (Å²) >= 11 is 0. The average Bonchev–Trinajstić information content (AvgIpc) is 3.10. The van der Waals surface area contributed by atoms with Gasteiger partial charge in [-0.25, -0.2) is 4.39 Å². The molecule has 1 fully saturated rings. The standard InChI is InChI=1S/C13H17FN2O/c1-9-6-10(2-3-11(9)14)12(17)16-8-13(7-15)4-5-13/h2-3,6H,4-5,7-8,15H2,1H3,(H,16,17). The van der Waals surface area contributed by atoms with E-state index >= 15 is 0 Å². The van der Waals surface area contributed by atoms with E-state index in [0.717, 1.165) is 12.8 Å². The molecule has 3 nitrogen and oxygen atoms in total. The minimum atomic E-state index is -0.290. The Hall–Kier alpha value is -1.42. The summed E-state index contributed by atoms with van der Waals surface area (Å²) in [5.74, 6) is -0.449. The Morgan fingerprint density at radius 3 is 2.76 bits per heavy atom. The number of nitrogens with one attached hydrogen (secondary N) is 1. The van der Waals surface area contributed by atoms with Gasteiger partial charge >= 0.3 is 0 Å². The van der Waals surface area contributed by atoms with Crippen LogP contribution in [-0.4, -0.2) is 19.0 Å². The van der Waals surface area contributed by atoms with E-state index < -0.39 is 0 Å². The Kier molecular flexibility index (Phi) is 3.15. The maximum Gasteiger partial charge on any atom is 0.251 e. The zero-order valence-corrected chi connectivity index (χ0v) is 9.92. The van der Waals surface area contributed by atoms with Gasteiger partial charge in [-0.3, -0.25) is 4.79 Å². The molecule has 0 radical (unpaired) electrons. The third-order valence-corrected chi connectivity index (χ3v) is 3.43. The zero-order valence-electron chi connectivity index (χ0n) is 9.92. The van der Waals surface area contributed by atoms with E-state index in [0.29, 0.717) is 24.2 Å². The van der Waals surface area contributed by atoms with E-state index in [2.05, 4.69) is 5.32 Å². The van der Waals surface area contributed by atoms with Gasteiger partial charge < -0.3 is 11.1 Å². The van der Waals surface area contributed by atoms with Crippen molar-refractivity contribution in [2.24, 2.45) is 11.1 Å². The second-order valence-electron chi connectivity index (χ2n) is 4.85. The number of aryl methyl sites for hydroxylation is 1. The fraction of sp³-hybridized carbons (Fsp3) is 0.462. The van der Waals surface area contributed by atoms with Gasteiger partial charge in [0, 0.05) is 17.5 Å². The van der Waals surface area contributed by atoms with Crippen LogP contribution in [0.1, 0.15) is 28.8 Å². The molecule has 0 unspecified atom stereocenters. The summed E-state index contributed by atoms with van der Waals surface area (Å²) in [6.07, 6.45) is 2.15. The summed E-state index contributed by atoms with van der Waals surface area (Å²) in [4.78, 5) is 11.8. The predicted octanol–water partition coefficient (Wildman–Crippen LogP) is 1.60. The zero-order chi connectivity index (χ0) is 12.5. The molecule has 1 aromatic rings. The first kappa shape index (κ1) is 12.0. The van der Waals surface area contributed by atoms with Crippen LogP contribution in [0.3, 0.4) is 0 Å². The number of amides is 1. The molecule has 4 heteroatoms. The van der Waals surface area contributed by atoms with Gasteiger partial charge in [-0.15, -0.1) is 0 Å². The Balaban J connectivity index is 1.97. The molecule has 0 saturated heterocycles. The van der Waals surface area contributed by atoms with Crippen LogP contribution >= 0.6 is 0 Å². The summed E-state index contributed by atoms with van der Waals surface area (Å²) in [5.41, 5.74) is 6.73. The smallest absolute Gasteiger partial charge is 0.251 e. The predicted molar refractivity (Wildman–Crippen MR) is 64.2 cm³/mol. The molecule has 0 heterocycles. The van der Waals surface area contributed by atoms with Gasteiger partial charge in [-0.2, -0.15) is 0 Å². The van der Waals surface area contributed by atoms with E-state index in [1.165, 1.54) is 12.1 Å². The molecule has 2 rings (SSSR count). The minimum Gasteiger partial charge on any atom is -0.351 e. The van der Waals surface area contributed by atoms with E-state index in [9.17, 15) is 9.18 Å². The van der Waals surface area contributed by atoms with Crippen molar-refractivity contribution in [1.82, 2.24) is 5.32 Å². The van der Waals surface area contributed by atoms with Gasteiger partial charge in [-0.1, -0.05) is 0 Å². The Bertz CT molecular complexity index is 441. The number of hydrogen-bond donors (Lipinski definition) is 2. The van der Waals surface area contributed by atoms with Gasteiger partial charge in [0.25, 0.3) is 5.91 Å². The molecule has 3 N–H and O–H groups in total. The number of carbonyl (C=O) groups is 1. The lowest BCUT2D eigenvalue weighted by Gasteiger charge is -2.13. The van der Waals surface area contributed by atoms with E-state index in [-0.39, 0.29) is 17.1 Å². The molecule has 1 aromatic carbocycles. The first-order valence-corrected chi connectivity index (χ1v) is 5.81. The fourth-order valence-corrected chi connectivity index (χ4v) is 1.79. The summed E-state index contributed by atoms with van der Waals surface area (Å²) in [6.45, 7) is 2.86. The molecule has 1 aliphatic carbocycles. The van der Waals surface area contributed by atoms with Crippen molar-refractivity contribution in [3.63, 3.8) is 0 Å². The van der Waals surface area contributed by atoms with Crippen LogP contribution in [0.4, 0.5) is 4.39 Å². The van der Waals surface area contributed by atoms with Crippen molar-refractivity contribution in [1.29, 1.82) is 0 Å². The minimum absolute atomic E-state index is 0.116. The van der Waals surface area contributed by atoms with Crippen molar-refractivity contribution >= 4 is 5.91 Å². The van der Waals surface area contributed by atoms with Crippen molar-refractivity contribution in [3.8, 4) is 0 Å². The molecule has 0 atom stereocenters. The van der Waals surface area contributed by atoms with Gasteiger partial charge in [0.1, 0.15) is 5.82 Å². The molecule has 92 valence electrons. The van der Waals surface area contributed by atoms with Gasteiger partial charge in [0.2, 0.25) is 0 Å². The Morgan fingerprint density at radius 2 is 2.24 bits per heavy atom. The highest BCUT2D eigenvalue weighted by Crippen LogP contribution is 2.43. The van der Waals surface area contributed by atoms with Crippen LogP contribution in [0, 0.1) is 18.2 Å². The third kappa shape index (κ3) is 2.64. The molecular formula is C13H17FN2O. The van der Waals surface area contributed by atoms with Crippen molar-refractivity contribution in [2.75, 3.05) is 13.1 Å². The van der Waals surface area contributed by atoms with Crippen molar-refractivity contribution in [3.05, 3.63) is 35.1 Å². The average molecular weight is 236 g/mol. The summed E-state index contributed by atoms with van der Waals surface area (Å²) in [7, 11) is 0. The number of carbonyl (C=O) groups excluding carboxylic acids is 1. The van der Waals surface area contributed by atoms with Crippen LogP contribution in [0.5, 0.6) is 0 Å². The first-order chi connectivity index (χ1) is 8.06. The molecule has 1 aliphatic rings. The number of hydrogen-bond acceptors (Lipinski definition) is 2. The number of halogens is 1. The molecule has 0 bridgehead atoms. The van der Waals surface area contributed by atoms with E-state index in [4.69, 9.17) is 5.73 Å². The van der Waals surface area contributed by atoms with Crippen LogP contribution in [0.15, 0.2) is 18.2 Å². The lowest BCUT2D eigenvalue weighted by Crippen LogP contribution is -2.33. The summed E-state index contributed by atoms with van der Waals surface area (Å²) in [5, 5.41) is 2.86. The van der Waals surface area contributed by atoms with Crippen LogP contribution in [-0.2, 0) is 0 Å². The second-order valence-corrected chi connectivity index (χ2v) is 4.85. The fourth-order valence-electron chi connectivity index (χ4n) is 1.79. The first-order valence-electron chi connectivity index (χ1n) is 5.81. The van der Waals surface area contributed by atoms with Gasteiger partial charge in [-0.05, 0) is 50.1 Å². The lowest BCUT2D eigenvalue weighted by atomic mass is 10.1. The largest absolute Gasteiger partial charge is 0.351 e. The maximum absolute atomic E-state index is 13.1. The molecule has 1 amide bonds. The van der Waals surface area contributed by atoms with Gasteiger partial charge in [0.15, 0.2) is 0 Å². The Morgan fingerprint density at radius 1 is 1.53 bits per heavy atom. The molecular weight excluding hydrogens is 219 g/mol. The monoisotopic (exact) mass is 236 g/mol. The number of rotatable bonds is 4. The van der Waals surface area contributed by atoms with E-state index in [1.54, 1.807) is 13.0 Å². The number of nitrogens with two attached hydrogens (primary N) is 1. The molecule has 17 heavy (non-hydrogen) atoms. The SMILES string of the molecule is Cc1cc(C(=O)NCC2(CN)CC2)ccc1F. The Labute approximate surface area is 100 Å². The number of benzene rings is 1. The highest BCUT2D eigenvalue weighted by molar-refractivity contribution is 5.94. The molecule has 0 spiro atoms. The summed E-state index contributed by atoms with van der Waals surface area (Å²) in [6, 6.07) is 4.38. The quantitative estimate of drug-likeness (QED) is 0.834. The highest BCUT2D eigenvalue weighted by Gasteiger charge is 2.41. The topological polar surface area (TPSA) is 55.1 Å². The van der Waals surface area contributed by atoms with Crippen LogP contribution in [0.2, 0.25) is 0 Å². The highest BCUT2D eigenvalue weighted by atomic mass is 19.1. The second kappa shape index (κ2) is 4.45. The van der Waals surface area contributed by atoms with Crippen molar-refractivity contribution in [2.45, 2.75) is 19.8 Å². The van der Waals surface area contributed by atoms with Crippen molar-refractivity contribution < 1.29 is 9.18 Å². The van der Waals surface area contributed by atoms with E-state index in [1.807, 2.05) is 0 Å². The van der Waals surface area contributed by atoms with Crippen LogP contribution in [0.25, 0.3) is 0 Å². The molecule has 1 saturated carbocycles. The van der Waals surface area contributed by atoms with Crippen LogP contribution < -0.4 is 11.1 Å².